The van der Waals surface area contributed by atoms with E-state index in [1.165, 1.54) is 16.9 Å². The molecule has 6 heteroatoms. The second-order valence-electron chi connectivity index (χ2n) is 8.00. The number of aromatic nitrogens is 3. The average Bonchev–Trinajstić information content (AvgIpc) is 3.14. The number of benzene rings is 2. The Morgan fingerprint density at radius 2 is 1.58 bits per heavy atom. The highest BCUT2D eigenvalue weighted by atomic mass is 32.1. The Hall–Kier alpha value is -3.51. The van der Waals surface area contributed by atoms with Gasteiger partial charge in [-0.3, -0.25) is 9.36 Å². The molecule has 0 saturated carbocycles. The van der Waals surface area contributed by atoms with Crippen LogP contribution in [0.1, 0.15) is 11.1 Å². The van der Waals surface area contributed by atoms with Gasteiger partial charge in [0.1, 0.15) is 21.4 Å². The van der Waals surface area contributed by atoms with E-state index in [4.69, 9.17) is 9.97 Å². The molecule has 0 aliphatic carbocycles. The Morgan fingerprint density at radius 1 is 0.935 bits per heavy atom. The van der Waals surface area contributed by atoms with Crippen LogP contribution < -0.4 is 10.5 Å². The molecule has 0 atom stereocenters. The van der Waals surface area contributed by atoms with Crippen LogP contribution in [-0.4, -0.2) is 28.6 Å². The molecule has 0 spiro atoms. The fraction of sp³-hybridized carbons (Fsp3) is 0.160. The average molecular weight is 427 g/mol. The Labute approximate surface area is 184 Å². The minimum absolute atomic E-state index is 0.0709. The van der Waals surface area contributed by atoms with Crippen molar-refractivity contribution in [1.29, 1.82) is 0 Å². The third kappa shape index (κ3) is 3.29. The van der Waals surface area contributed by atoms with Gasteiger partial charge in [0.15, 0.2) is 0 Å². The third-order valence-corrected chi connectivity index (χ3v) is 6.53. The van der Waals surface area contributed by atoms with Gasteiger partial charge in [-0.2, -0.15) is 0 Å². The van der Waals surface area contributed by atoms with Gasteiger partial charge in [-0.25, -0.2) is 9.97 Å². The lowest BCUT2D eigenvalue weighted by atomic mass is 10.1. The number of fused-ring (bicyclic) bond motifs is 3. The van der Waals surface area contributed by atoms with E-state index in [0.717, 1.165) is 38.4 Å². The highest BCUT2D eigenvalue weighted by molar-refractivity contribution is 7.25. The van der Waals surface area contributed by atoms with Crippen molar-refractivity contribution in [2.75, 3.05) is 19.0 Å². The first-order chi connectivity index (χ1) is 14.9. The van der Waals surface area contributed by atoms with Gasteiger partial charge in [-0.1, -0.05) is 47.5 Å². The molecular weight excluding hydrogens is 404 g/mol. The summed E-state index contributed by atoms with van der Waals surface area (Å²) in [4.78, 5) is 25.8. The standard InChI is InChI=1S/C25H22N4OS/c1-15-5-9-17(10-6-15)19-13-20(28(3)4)21-22-23(31-24(21)27-19)25(30)29(14-26-22)18-11-7-16(2)8-12-18/h5-14H,1-4H3. The molecule has 0 N–H and O–H groups in total. The number of anilines is 1. The molecule has 0 saturated heterocycles. The summed E-state index contributed by atoms with van der Waals surface area (Å²) in [5, 5.41) is 0.925. The third-order valence-electron chi connectivity index (χ3n) is 5.47. The number of rotatable bonds is 3. The highest BCUT2D eigenvalue weighted by Crippen LogP contribution is 2.38. The molecule has 0 radical (unpaired) electrons. The van der Waals surface area contributed by atoms with Crippen molar-refractivity contribution in [2.24, 2.45) is 0 Å². The molecule has 31 heavy (non-hydrogen) atoms. The maximum Gasteiger partial charge on any atom is 0.275 e. The largest absolute Gasteiger partial charge is 0.377 e. The number of thiophene rings is 1. The first kappa shape index (κ1) is 19.5. The second-order valence-corrected chi connectivity index (χ2v) is 9.00. The molecule has 5 nitrogen and oxygen atoms in total. The molecule has 154 valence electrons. The van der Waals surface area contributed by atoms with E-state index in [1.54, 1.807) is 10.9 Å². The molecular formula is C25H22N4OS. The SMILES string of the molecule is Cc1ccc(-c2cc(N(C)C)c3c(n2)sc2c(=O)n(-c4ccc(C)cc4)cnc23)cc1. The van der Waals surface area contributed by atoms with Gasteiger partial charge in [-0.15, -0.1) is 11.3 Å². The summed E-state index contributed by atoms with van der Waals surface area (Å²) in [6, 6.07) is 18.3. The Kier molecular flexibility index (Phi) is 4.59. The summed E-state index contributed by atoms with van der Waals surface area (Å²) in [6.45, 7) is 4.10. The van der Waals surface area contributed by atoms with Crippen LogP contribution in [0.25, 0.3) is 37.4 Å². The molecule has 3 aromatic heterocycles. The molecule has 0 bridgehead atoms. The van der Waals surface area contributed by atoms with Crippen molar-refractivity contribution >= 4 is 37.5 Å². The smallest absolute Gasteiger partial charge is 0.275 e. The lowest BCUT2D eigenvalue weighted by Gasteiger charge is -2.15. The topological polar surface area (TPSA) is 51.0 Å². The predicted octanol–water partition coefficient (Wildman–Crippen LogP) is 5.35. The van der Waals surface area contributed by atoms with Crippen molar-refractivity contribution in [1.82, 2.24) is 14.5 Å². The minimum atomic E-state index is -0.0709. The lowest BCUT2D eigenvalue weighted by Crippen LogP contribution is -2.17. The monoisotopic (exact) mass is 426 g/mol. The molecule has 2 aromatic carbocycles. The molecule has 0 fully saturated rings. The number of aryl methyl sites for hydroxylation is 2. The Morgan fingerprint density at radius 3 is 2.23 bits per heavy atom. The van der Waals surface area contributed by atoms with Crippen LogP contribution in [0, 0.1) is 13.8 Å². The van der Waals surface area contributed by atoms with Crippen LogP contribution in [0.2, 0.25) is 0 Å². The zero-order valence-electron chi connectivity index (χ0n) is 17.9. The summed E-state index contributed by atoms with van der Waals surface area (Å²) in [6.07, 6.45) is 1.62. The molecule has 5 rings (SSSR count). The van der Waals surface area contributed by atoms with Crippen LogP contribution in [0.4, 0.5) is 5.69 Å². The van der Waals surface area contributed by atoms with E-state index in [1.807, 2.05) is 45.3 Å². The molecule has 3 heterocycles. The van der Waals surface area contributed by atoms with Crippen molar-refractivity contribution in [3.8, 4) is 16.9 Å². The fourth-order valence-electron chi connectivity index (χ4n) is 3.72. The molecule has 0 unspecified atom stereocenters. The van der Waals surface area contributed by atoms with Crippen LogP contribution in [0.5, 0.6) is 0 Å². The van der Waals surface area contributed by atoms with Gasteiger partial charge in [-0.05, 0) is 32.0 Å². The molecule has 0 aliphatic rings. The molecule has 0 amide bonds. The number of hydrogen-bond acceptors (Lipinski definition) is 5. The van der Waals surface area contributed by atoms with Gasteiger partial charge in [0.05, 0.1) is 22.5 Å². The van der Waals surface area contributed by atoms with Crippen LogP contribution >= 0.6 is 11.3 Å². The maximum absolute atomic E-state index is 13.3. The van der Waals surface area contributed by atoms with Gasteiger partial charge in [0, 0.05) is 19.7 Å². The van der Waals surface area contributed by atoms with Crippen molar-refractivity contribution in [3.63, 3.8) is 0 Å². The lowest BCUT2D eigenvalue weighted by molar-refractivity contribution is 0.966. The van der Waals surface area contributed by atoms with Gasteiger partial charge in [0.2, 0.25) is 0 Å². The summed E-state index contributed by atoms with van der Waals surface area (Å²) >= 11 is 1.41. The number of nitrogens with zero attached hydrogens (tertiary/aromatic N) is 4. The number of hydrogen-bond donors (Lipinski definition) is 0. The maximum atomic E-state index is 13.3. The van der Waals surface area contributed by atoms with E-state index < -0.39 is 0 Å². The van der Waals surface area contributed by atoms with Gasteiger partial charge >= 0.3 is 0 Å². The molecule has 5 aromatic rings. The highest BCUT2D eigenvalue weighted by Gasteiger charge is 2.19. The zero-order valence-corrected chi connectivity index (χ0v) is 18.7. The normalized spacial score (nSPS) is 11.4. The van der Waals surface area contributed by atoms with E-state index in [9.17, 15) is 4.79 Å². The summed E-state index contributed by atoms with van der Waals surface area (Å²) in [7, 11) is 4.01. The predicted molar refractivity (Wildman–Crippen MR) is 130 cm³/mol. The van der Waals surface area contributed by atoms with Crippen molar-refractivity contribution in [3.05, 3.63) is 82.4 Å². The quantitative estimate of drug-likeness (QED) is 0.390. The van der Waals surface area contributed by atoms with Crippen molar-refractivity contribution in [2.45, 2.75) is 13.8 Å². The van der Waals surface area contributed by atoms with E-state index in [-0.39, 0.29) is 5.56 Å². The first-order valence-electron chi connectivity index (χ1n) is 10.1. The number of pyridine rings is 1. The second kappa shape index (κ2) is 7.32. The fourth-order valence-corrected chi connectivity index (χ4v) is 4.80. The molecule has 0 aliphatic heterocycles. The van der Waals surface area contributed by atoms with Gasteiger partial charge < -0.3 is 4.90 Å². The van der Waals surface area contributed by atoms with Crippen LogP contribution in [0.3, 0.4) is 0 Å². The van der Waals surface area contributed by atoms with Crippen LogP contribution in [-0.2, 0) is 0 Å². The van der Waals surface area contributed by atoms with Gasteiger partial charge in [0.25, 0.3) is 5.56 Å². The Balaban J connectivity index is 1.78. The van der Waals surface area contributed by atoms with Crippen molar-refractivity contribution < 1.29 is 0 Å². The van der Waals surface area contributed by atoms with E-state index in [2.05, 4.69) is 42.2 Å². The Bertz CT molecular complexity index is 1480. The van der Waals surface area contributed by atoms with Crippen LogP contribution in [0.15, 0.2) is 65.7 Å². The summed E-state index contributed by atoms with van der Waals surface area (Å²) < 4.78 is 2.22. The first-order valence-corrected chi connectivity index (χ1v) is 10.9. The minimum Gasteiger partial charge on any atom is -0.377 e. The summed E-state index contributed by atoms with van der Waals surface area (Å²) in [5.41, 5.74) is 6.75. The summed E-state index contributed by atoms with van der Waals surface area (Å²) in [5.74, 6) is 0. The van der Waals surface area contributed by atoms with E-state index >= 15 is 0 Å². The zero-order chi connectivity index (χ0) is 21.7. The van der Waals surface area contributed by atoms with E-state index in [0.29, 0.717) is 10.2 Å².